The number of fused-ring (bicyclic) bond motifs is 3. The van der Waals surface area contributed by atoms with Crippen LogP contribution in [0.3, 0.4) is 0 Å². The van der Waals surface area contributed by atoms with E-state index in [9.17, 15) is 0 Å². The van der Waals surface area contributed by atoms with Crippen molar-refractivity contribution in [1.29, 1.82) is 0 Å². The minimum absolute atomic E-state index is 0.749. The van der Waals surface area contributed by atoms with E-state index in [1.807, 2.05) is 12.1 Å². The number of aromatic nitrogens is 1. The third-order valence-electron chi connectivity index (χ3n) is 7.28. The van der Waals surface area contributed by atoms with Gasteiger partial charge in [-0.2, -0.15) is 0 Å². The minimum Gasteiger partial charge on any atom is -0.309 e. The zero-order valence-corrected chi connectivity index (χ0v) is 21.4. The lowest BCUT2D eigenvalue weighted by Gasteiger charge is -2.16. The smallest absolute Gasteiger partial charge is 0.0541 e. The molecule has 7 aromatic rings. The standard InChI is InChI=1S/C36H24ClN/c37-30-19-15-26(16-20-30)29-18-22-36-33(24-29)31-13-7-8-14-34(31)38(36)35-21-17-28(25-9-3-1-4-10-25)23-32(35)27-11-5-2-6-12-27/h1-24H. The molecule has 0 fully saturated rings. The van der Waals surface area contributed by atoms with Crippen molar-refractivity contribution >= 4 is 33.4 Å². The summed E-state index contributed by atoms with van der Waals surface area (Å²) in [5.41, 5.74) is 10.7. The fourth-order valence-electron chi connectivity index (χ4n) is 5.44. The molecule has 0 unspecified atom stereocenters. The first-order valence-corrected chi connectivity index (χ1v) is 13.2. The maximum atomic E-state index is 6.16. The Labute approximate surface area is 227 Å². The molecule has 0 bridgehead atoms. The van der Waals surface area contributed by atoms with Crippen LogP contribution < -0.4 is 0 Å². The van der Waals surface area contributed by atoms with Gasteiger partial charge in [0, 0.05) is 21.4 Å². The number of rotatable bonds is 4. The highest BCUT2D eigenvalue weighted by atomic mass is 35.5. The lowest BCUT2D eigenvalue weighted by Crippen LogP contribution is -1.98. The summed E-state index contributed by atoms with van der Waals surface area (Å²) in [6.07, 6.45) is 0. The molecule has 7 rings (SSSR count). The summed E-state index contributed by atoms with van der Waals surface area (Å²) in [6.45, 7) is 0. The quantitative estimate of drug-likeness (QED) is 0.224. The van der Waals surface area contributed by atoms with Crippen molar-refractivity contribution in [3.8, 4) is 39.1 Å². The molecule has 1 heterocycles. The third-order valence-corrected chi connectivity index (χ3v) is 7.53. The molecule has 0 radical (unpaired) electrons. The summed E-state index contributed by atoms with van der Waals surface area (Å²) in [6, 6.07) is 51.6. The molecule has 1 aromatic heterocycles. The predicted octanol–water partition coefficient (Wildman–Crippen LogP) is 10.4. The first kappa shape index (κ1) is 22.6. The Morgan fingerprint density at radius 1 is 0.395 bits per heavy atom. The van der Waals surface area contributed by atoms with Crippen molar-refractivity contribution in [3.05, 3.63) is 151 Å². The summed E-state index contributed by atoms with van der Waals surface area (Å²) in [5, 5.41) is 3.22. The van der Waals surface area contributed by atoms with Crippen LogP contribution in [-0.4, -0.2) is 4.57 Å². The van der Waals surface area contributed by atoms with Crippen LogP contribution in [0.4, 0.5) is 0 Å². The summed E-state index contributed by atoms with van der Waals surface area (Å²) >= 11 is 6.16. The van der Waals surface area contributed by atoms with Crippen LogP contribution in [0.1, 0.15) is 0 Å². The average molecular weight is 506 g/mol. The molecule has 38 heavy (non-hydrogen) atoms. The van der Waals surface area contributed by atoms with E-state index in [1.165, 1.54) is 55.3 Å². The van der Waals surface area contributed by atoms with Crippen LogP contribution in [0.2, 0.25) is 5.02 Å². The monoisotopic (exact) mass is 505 g/mol. The van der Waals surface area contributed by atoms with Crippen molar-refractivity contribution in [2.75, 3.05) is 0 Å². The Bertz CT molecular complexity index is 1900. The fraction of sp³-hybridized carbons (Fsp3) is 0. The van der Waals surface area contributed by atoms with Crippen LogP contribution in [0.25, 0.3) is 60.9 Å². The second-order valence-corrected chi connectivity index (χ2v) is 9.99. The van der Waals surface area contributed by atoms with Gasteiger partial charge in [0.25, 0.3) is 0 Å². The maximum absolute atomic E-state index is 6.16. The second kappa shape index (κ2) is 9.37. The molecular weight excluding hydrogens is 482 g/mol. The summed E-state index contributed by atoms with van der Waals surface area (Å²) in [7, 11) is 0. The minimum atomic E-state index is 0.749. The Balaban J connectivity index is 1.50. The first-order valence-electron chi connectivity index (χ1n) is 12.8. The molecule has 1 nitrogen and oxygen atoms in total. The summed E-state index contributed by atoms with van der Waals surface area (Å²) < 4.78 is 2.41. The predicted molar refractivity (Wildman–Crippen MR) is 162 cm³/mol. The van der Waals surface area contributed by atoms with Crippen LogP contribution in [0.15, 0.2) is 146 Å². The number of para-hydroxylation sites is 1. The highest BCUT2D eigenvalue weighted by Crippen LogP contribution is 2.39. The van der Waals surface area contributed by atoms with Crippen molar-refractivity contribution in [1.82, 2.24) is 4.57 Å². The van der Waals surface area contributed by atoms with Crippen molar-refractivity contribution in [3.63, 3.8) is 0 Å². The molecule has 0 N–H and O–H groups in total. The molecule has 2 heteroatoms. The molecule has 0 amide bonds. The molecule has 180 valence electrons. The molecule has 0 atom stereocenters. The van der Waals surface area contributed by atoms with Gasteiger partial charge in [-0.25, -0.2) is 0 Å². The molecule has 0 saturated carbocycles. The van der Waals surface area contributed by atoms with E-state index in [0.29, 0.717) is 0 Å². The van der Waals surface area contributed by atoms with E-state index in [2.05, 4.69) is 138 Å². The van der Waals surface area contributed by atoms with E-state index in [4.69, 9.17) is 11.6 Å². The number of hydrogen-bond donors (Lipinski definition) is 0. The second-order valence-electron chi connectivity index (χ2n) is 9.56. The Kier molecular flexibility index (Phi) is 5.57. The van der Waals surface area contributed by atoms with Gasteiger partial charge in [-0.15, -0.1) is 0 Å². The van der Waals surface area contributed by atoms with E-state index < -0.39 is 0 Å². The van der Waals surface area contributed by atoms with Gasteiger partial charge in [0.2, 0.25) is 0 Å². The number of nitrogens with zero attached hydrogens (tertiary/aromatic N) is 1. The van der Waals surface area contributed by atoms with Gasteiger partial charge in [-0.1, -0.05) is 115 Å². The van der Waals surface area contributed by atoms with Gasteiger partial charge >= 0.3 is 0 Å². The maximum Gasteiger partial charge on any atom is 0.0541 e. The molecule has 0 aliphatic heterocycles. The van der Waals surface area contributed by atoms with Crippen LogP contribution in [0, 0.1) is 0 Å². The first-order chi connectivity index (χ1) is 18.8. The van der Waals surface area contributed by atoms with Crippen molar-refractivity contribution in [2.45, 2.75) is 0 Å². The van der Waals surface area contributed by atoms with Crippen molar-refractivity contribution < 1.29 is 0 Å². The van der Waals surface area contributed by atoms with Gasteiger partial charge in [-0.3, -0.25) is 0 Å². The van der Waals surface area contributed by atoms with E-state index in [1.54, 1.807) is 0 Å². The van der Waals surface area contributed by atoms with Gasteiger partial charge in [0.1, 0.15) is 0 Å². The number of hydrogen-bond acceptors (Lipinski definition) is 0. The Morgan fingerprint density at radius 3 is 1.71 bits per heavy atom. The molecule has 0 spiro atoms. The van der Waals surface area contributed by atoms with Gasteiger partial charge in [0.05, 0.1) is 16.7 Å². The zero-order chi connectivity index (χ0) is 25.5. The van der Waals surface area contributed by atoms with Gasteiger partial charge in [0.15, 0.2) is 0 Å². The van der Waals surface area contributed by atoms with Crippen molar-refractivity contribution in [2.24, 2.45) is 0 Å². The third kappa shape index (κ3) is 3.89. The van der Waals surface area contributed by atoms with E-state index >= 15 is 0 Å². The SMILES string of the molecule is Clc1ccc(-c2ccc3c(c2)c2ccccc2n3-c2ccc(-c3ccccc3)cc2-c2ccccc2)cc1. The molecular formula is C36H24ClN. The summed E-state index contributed by atoms with van der Waals surface area (Å²) in [5.74, 6) is 0. The lowest BCUT2D eigenvalue weighted by molar-refractivity contribution is 1.18. The van der Waals surface area contributed by atoms with Crippen LogP contribution >= 0.6 is 11.6 Å². The van der Waals surface area contributed by atoms with Gasteiger partial charge in [-0.05, 0) is 70.3 Å². The van der Waals surface area contributed by atoms with Crippen LogP contribution in [0.5, 0.6) is 0 Å². The van der Waals surface area contributed by atoms with Crippen LogP contribution in [-0.2, 0) is 0 Å². The average Bonchev–Trinajstić information content (AvgIpc) is 3.32. The topological polar surface area (TPSA) is 4.93 Å². The molecule has 0 aliphatic rings. The molecule has 0 aliphatic carbocycles. The number of halogens is 1. The van der Waals surface area contributed by atoms with E-state index in [0.717, 1.165) is 10.6 Å². The fourth-order valence-corrected chi connectivity index (χ4v) is 5.57. The Morgan fingerprint density at radius 2 is 0.947 bits per heavy atom. The lowest BCUT2D eigenvalue weighted by atomic mass is 9.97. The Hall–Kier alpha value is -4.59. The summed E-state index contributed by atoms with van der Waals surface area (Å²) in [4.78, 5) is 0. The molecule has 6 aromatic carbocycles. The zero-order valence-electron chi connectivity index (χ0n) is 20.7. The number of benzene rings is 6. The highest BCUT2D eigenvalue weighted by Gasteiger charge is 2.17. The van der Waals surface area contributed by atoms with E-state index in [-0.39, 0.29) is 0 Å². The molecule has 0 saturated heterocycles. The largest absolute Gasteiger partial charge is 0.309 e. The normalized spacial score (nSPS) is 11.3. The highest BCUT2D eigenvalue weighted by molar-refractivity contribution is 6.30. The van der Waals surface area contributed by atoms with Gasteiger partial charge < -0.3 is 4.57 Å².